The van der Waals surface area contributed by atoms with Crippen LogP contribution in [0.4, 0.5) is 4.39 Å². The van der Waals surface area contributed by atoms with Crippen LogP contribution < -0.4 is 14.8 Å². The van der Waals surface area contributed by atoms with E-state index in [1.807, 2.05) is 24.3 Å². The summed E-state index contributed by atoms with van der Waals surface area (Å²) in [5.41, 5.74) is 3.10. The molecule has 6 heteroatoms. The Morgan fingerprint density at radius 2 is 1.67 bits per heavy atom. The molecule has 27 heavy (non-hydrogen) atoms. The van der Waals surface area contributed by atoms with Gasteiger partial charge in [0.15, 0.2) is 11.5 Å². The van der Waals surface area contributed by atoms with Crippen LogP contribution in [0.2, 0.25) is 5.02 Å². The van der Waals surface area contributed by atoms with Gasteiger partial charge >= 0.3 is 0 Å². The third kappa shape index (κ3) is 5.42. The van der Waals surface area contributed by atoms with E-state index >= 15 is 0 Å². The summed E-state index contributed by atoms with van der Waals surface area (Å²) < 4.78 is 24.3. The minimum Gasteiger partial charge on any atom is -0.493 e. The first kappa shape index (κ1) is 19.1. The van der Waals surface area contributed by atoms with Gasteiger partial charge in [-0.2, -0.15) is 0 Å². The molecule has 2 aromatic carbocycles. The number of rotatable bonds is 8. The molecular weight excluding hydrogens is 367 g/mol. The summed E-state index contributed by atoms with van der Waals surface area (Å²) in [6.45, 7) is 1.89. The van der Waals surface area contributed by atoms with Gasteiger partial charge in [0.05, 0.1) is 12.1 Å². The third-order valence-corrected chi connectivity index (χ3v) is 4.38. The highest BCUT2D eigenvalue weighted by Crippen LogP contribution is 2.36. The van der Waals surface area contributed by atoms with Crippen molar-refractivity contribution in [3.05, 3.63) is 88.5 Å². The predicted octanol–water partition coefficient (Wildman–Crippen LogP) is 3.73. The van der Waals surface area contributed by atoms with E-state index in [4.69, 9.17) is 21.1 Å². The molecule has 0 aliphatic carbocycles. The standard InChI is InChI=1S/C21H20ClFN2O2/c1-26-20-11-17(13-25-12-15-6-8-24-9-7-15)10-19(22)21(20)27-14-16-2-4-18(23)5-3-16/h2-11,25H,12-14H2,1H3/p+1. The van der Waals surface area contributed by atoms with Crippen molar-refractivity contribution in [1.82, 2.24) is 4.98 Å². The fraction of sp³-hybridized carbons (Fsp3) is 0.190. The number of methoxy groups -OCH3 is 1. The molecule has 0 spiro atoms. The number of quaternary nitrogens is 1. The van der Waals surface area contributed by atoms with Crippen molar-refractivity contribution in [2.45, 2.75) is 19.7 Å². The van der Waals surface area contributed by atoms with Crippen molar-refractivity contribution in [2.24, 2.45) is 0 Å². The number of hydrogen-bond acceptors (Lipinski definition) is 3. The molecule has 0 bridgehead atoms. The lowest BCUT2D eigenvalue weighted by atomic mass is 10.2. The Morgan fingerprint density at radius 3 is 2.37 bits per heavy atom. The minimum absolute atomic E-state index is 0.276. The molecule has 4 nitrogen and oxygen atoms in total. The van der Waals surface area contributed by atoms with E-state index < -0.39 is 0 Å². The molecule has 0 radical (unpaired) electrons. The number of nitrogens with zero attached hydrogens (tertiary/aromatic N) is 1. The zero-order chi connectivity index (χ0) is 19.1. The van der Waals surface area contributed by atoms with E-state index in [1.54, 1.807) is 31.6 Å². The maximum atomic E-state index is 13.0. The highest BCUT2D eigenvalue weighted by Gasteiger charge is 2.13. The summed E-state index contributed by atoms with van der Waals surface area (Å²) in [7, 11) is 1.58. The molecule has 0 unspecified atom stereocenters. The van der Waals surface area contributed by atoms with E-state index in [0.29, 0.717) is 16.5 Å². The summed E-state index contributed by atoms with van der Waals surface area (Å²) in [4.78, 5) is 4.02. The lowest BCUT2D eigenvalue weighted by Crippen LogP contribution is -2.80. The Morgan fingerprint density at radius 1 is 0.963 bits per heavy atom. The SMILES string of the molecule is COc1cc(C[NH2+]Cc2ccncc2)cc(Cl)c1OCc1ccc(F)cc1. The van der Waals surface area contributed by atoms with Crippen LogP contribution in [0, 0.1) is 5.82 Å². The van der Waals surface area contributed by atoms with Gasteiger partial charge in [-0.25, -0.2) is 4.39 Å². The zero-order valence-electron chi connectivity index (χ0n) is 15.0. The van der Waals surface area contributed by atoms with Gasteiger partial charge in [0.1, 0.15) is 25.5 Å². The Kier molecular flexibility index (Phi) is 6.63. The van der Waals surface area contributed by atoms with Gasteiger partial charge in [-0.3, -0.25) is 4.98 Å². The van der Waals surface area contributed by atoms with Gasteiger partial charge in [0.2, 0.25) is 0 Å². The Labute approximate surface area is 162 Å². The second kappa shape index (κ2) is 9.35. The van der Waals surface area contributed by atoms with E-state index in [2.05, 4.69) is 10.3 Å². The summed E-state index contributed by atoms with van der Waals surface area (Å²) in [5.74, 6) is 0.792. The third-order valence-electron chi connectivity index (χ3n) is 4.10. The van der Waals surface area contributed by atoms with Crippen LogP contribution >= 0.6 is 11.6 Å². The van der Waals surface area contributed by atoms with Crippen molar-refractivity contribution < 1.29 is 19.2 Å². The molecule has 3 rings (SSSR count). The van der Waals surface area contributed by atoms with Crippen LogP contribution in [-0.2, 0) is 19.7 Å². The molecule has 140 valence electrons. The number of aromatic nitrogens is 1. The van der Waals surface area contributed by atoms with Crippen molar-refractivity contribution in [2.75, 3.05) is 7.11 Å². The van der Waals surface area contributed by atoms with Crippen LogP contribution in [0.25, 0.3) is 0 Å². The van der Waals surface area contributed by atoms with Crippen LogP contribution in [0.15, 0.2) is 60.9 Å². The number of benzene rings is 2. The fourth-order valence-electron chi connectivity index (χ4n) is 2.69. The van der Waals surface area contributed by atoms with E-state index in [1.165, 1.54) is 17.7 Å². The zero-order valence-corrected chi connectivity index (χ0v) is 15.7. The summed E-state index contributed by atoms with van der Waals surface area (Å²) in [6, 6.07) is 14.0. The molecule has 2 N–H and O–H groups in total. The normalized spacial score (nSPS) is 10.6. The van der Waals surface area contributed by atoms with E-state index in [9.17, 15) is 4.39 Å². The van der Waals surface area contributed by atoms with Crippen LogP contribution in [0.5, 0.6) is 11.5 Å². The lowest BCUT2D eigenvalue weighted by Gasteiger charge is -2.14. The van der Waals surface area contributed by atoms with Gasteiger partial charge in [0, 0.05) is 23.5 Å². The molecule has 0 saturated heterocycles. The number of hydrogen-bond donors (Lipinski definition) is 1. The molecule has 1 heterocycles. The summed E-state index contributed by atoms with van der Waals surface area (Å²) in [5, 5.41) is 2.67. The van der Waals surface area contributed by atoms with Gasteiger partial charge in [-0.05, 0) is 42.0 Å². The Balaban J connectivity index is 1.64. The van der Waals surface area contributed by atoms with Crippen LogP contribution in [0.1, 0.15) is 16.7 Å². The topological polar surface area (TPSA) is 48.0 Å². The van der Waals surface area contributed by atoms with Gasteiger partial charge in [0.25, 0.3) is 0 Å². The molecule has 0 atom stereocenters. The maximum absolute atomic E-state index is 13.0. The molecule has 3 aromatic rings. The lowest BCUT2D eigenvalue weighted by molar-refractivity contribution is -0.686. The highest BCUT2D eigenvalue weighted by molar-refractivity contribution is 6.32. The number of pyridine rings is 1. The molecular formula is C21H21ClFN2O2+. The molecule has 0 aliphatic rings. The quantitative estimate of drug-likeness (QED) is 0.640. The average molecular weight is 388 g/mol. The van der Waals surface area contributed by atoms with Crippen molar-refractivity contribution in [1.29, 1.82) is 0 Å². The van der Waals surface area contributed by atoms with Crippen molar-refractivity contribution >= 4 is 11.6 Å². The number of nitrogens with two attached hydrogens (primary N) is 1. The van der Waals surface area contributed by atoms with Crippen molar-refractivity contribution in [3.8, 4) is 11.5 Å². The second-order valence-electron chi connectivity index (χ2n) is 6.08. The monoisotopic (exact) mass is 387 g/mol. The Hall–Kier alpha value is -2.63. The smallest absolute Gasteiger partial charge is 0.180 e. The molecule has 0 fully saturated rings. The van der Waals surface area contributed by atoms with Gasteiger partial charge in [-0.1, -0.05) is 23.7 Å². The average Bonchev–Trinajstić information content (AvgIpc) is 2.69. The number of ether oxygens (including phenoxy) is 2. The van der Waals surface area contributed by atoms with Crippen molar-refractivity contribution in [3.63, 3.8) is 0 Å². The van der Waals surface area contributed by atoms with Gasteiger partial charge < -0.3 is 14.8 Å². The van der Waals surface area contributed by atoms with E-state index in [0.717, 1.165) is 24.2 Å². The maximum Gasteiger partial charge on any atom is 0.180 e. The van der Waals surface area contributed by atoms with Gasteiger partial charge in [-0.15, -0.1) is 0 Å². The molecule has 0 aliphatic heterocycles. The van der Waals surface area contributed by atoms with Crippen LogP contribution in [-0.4, -0.2) is 12.1 Å². The largest absolute Gasteiger partial charge is 0.493 e. The first-order chi connectivity index (χ1) is 13.2. The Bertz CT molecular complexity index is 873. The summed E-state index contributed by atoms with van der Waals surface area (Å²) >= 11 is 6.41. The summed E-state index contributed by atoms with van der Waals surface area (Å²) in [6.07, 6.45) is 3.58. The highest BCUT2D eigenvalue weighted by atomic mass is 35.5. The van der Waals surface area contributed by atoms with E-state index in [-0.39, 0.29) is 12.4 Å². The predicted molar refractivity (Wildman–Crippen MR) is 102 cm³/mol. The fourth-order valence-corrected chi connectivity index (χ4v) is 2.98. The molecule has 0 saturated carbocycles. The second-order valence-corrected chi connectivity index (χ2v) is 6.48. The first-order valence-electron chi connectivity index (χ1n) is 8.60. The minimum atomic E-state index is -0.276. The first-order valence-corrected chi connectivity index (χ1v) is 8.97. The molecule has 1 aromatic heterocycles. The number of halogens is 2. The van der Waals surface area contributed by atoms with Crippen LogP contribution in [0.3, 0.4) is 0 Å². The molecule has 0 amide bonds.